The van der Waals surface area contributed by atoms with Crippen LogP contribution in [0.2, 0.25) is 0 Å². The van der Waals surface area contributed by atoms with Gasteiger partial charge in [0.15, 0.2) is 0 Å². The lowest BCUT2D eigenvalue weighted by molar-refractivity contribution is 0.0601. The molecule has 0 saturated heterocycles. The molecule has 2 aromatic carbocycles. The smallest absolute Gasteiger partial charge is 0.341 e. The third kappa shape index (κ3) is 4.26. The van der Waals surface area contributed by atoms with Crippen LogP contribution in [-0.2, 0) is 11.2 Å². The number of rotatable bonds is 5. The van der Waals surface area contributed by atoms with E-state index in [0.29, 0.717) is 22.5 Å². The zero-order valence-corrected chi connectivity index (χ0v) is 20.2. The lowest BCUT2D eigenvalue weighted by atomic mass is 10.0. The number of aryl methyl sites for hydroxylation is 3. The van der Waals surface area contributed by atoms with E-state index in [9.17, 15) is 9.59 Å². The summed E-state index contributed by atoms with van der Waals surface area (Å²) in [6.07, 6.45) is 0.678. The van der Waals surface area contributed by atoms with Crippen LogP contribution >= 0.6 is 11.3 Å². The number of methoxy groups -OCH3 is 1. The highest BCUT2D eigenvalue weighted by molar-refractivity contribution is 7.16. The van der Waals surface area contributed by atoms with Crippen molar-refractivity contribution < 1.29 is 14.3 Å². The number of hydrogen-bond donors (Lipinski definition) is 1. The molecule has 1 N–H and O–H groups in total. The molecule has 0 radical (unpaired) electrons. The molecule has 2 aromatic heterocycles. The van der Waals surface area contributed by atoms with Gasteiger partial charge in [0.2, 0.25) is 0 Å². The van der Waals surface area contributed by atoms with Crippen LogP contribution in [0, 0.1) is 20.8 Å². The lowest BCUT2D eigenvalue weighted by Gasteiger charge is -2.12. The Hall–Kier alpha value is -3.51. The summed E-state index contributed by atoms with van der Waals surface area (Å²) < 4.78 is 4.99. The molecule has 0 aliphatic rings. The Morgan fingerprint density at radius 3 is 2.48 bits per heavy atom. The summed E-state index contributed by atoms with van der Waals surface area (Å²) in [6.45, 7) is 8.06. The van der Waals surface area contributed by atoms with Crippen molar-refractivity contribution in [3.8, 4) is 11.3 Å². The Balaban J connectivity index is 1.82. The van der Waals surface area contributed by atoms with E-state index >= 15 is 0 Å². The number of carbonyl (C=O) groups excluding carboxylic acids is 2. The van der Waals surface area contributed by atoms with Crippen molar-refractivity contribution in [1.82, 2.24) is 4.98 Å². The predicted molar refractivity (Wildman–Crippen MR) is 134 cm³/mol. The number of benzene rings is 2. The fourth-order valence-electron chi connectivity index (χ4n) is 3.99. The van der Waals surface area contributed by atoms with E-state index in [1.807, 2.05) is 50.2 Å². The van der Waals surface area contributed by atoms with Crippen molar-refractivity contribution in [3.63, 3.8) is 0 Å². The van der Waals surface area contributed by atoms with Gasteiger partial charge in [-0.25, -0.2) is 9.78 Å². The zero-order chi connectivity index (χ0) is 23.7. The van der Waals surface area contributed by atoms with Gasteiger partial charge in [0, 0.05) is 15.8 Å². The number of ether oxygens (including phenoxy) is 1. The zero-order valence-electron chi connectivity index (χ0n) is 19.4. The number of aromatic nitrogens is 1. The lowest BCUT2D eigenvalue weighted by Crippen LogP contribution is -2.15. The van der Waals surface area contributed by atoms with E-state index in [-0.39, 0.29) is 5.91 Å². The van der Waals surface area contributed by atoms with Crippen molar-refractivity contribution >= 4 is 39.1 Å². The van der Waals surface area contributed by atoms with Gasteiger partial charge in [0.1, 0.15) is 5.00 Å². The first kappa shape index (κ1) is 22.7. The molecule has 2 heterocycles. The predicted octanol–water partition coefficient (Wildman–Crippen LogP) is 6.49. The second-order valence-corrected chi connectivity index (χ2v) is 9.24. The first-order chi connectivity index (χ1) is 15.8. The first-order valence-corrected chi connectivity index (χ1v) is 11.6. The van der Waals surface area contributed by atoms with E-state index in [1.54, 1.807) is 0 Å². The SMILES string of the molecule is CCc1c(C)sc(NC(=O)c2cc(-c3ccc(C)c(C)c3)nc3ccccc23)c1C(=O)OC. The van der Waals surface area contributed by atoms with Gasteiger partial charge < -0.3 is 10.1 Å². The summed E-state index contributed by atoms with van der Waals surface area (Å²) in [5.74, 6) is -0.727. The molecule has 0 bridgehead atoms. The van der Waals surface area contributed by atoms with Crippen molar-refractivity contribution in [2.45, 2.75) is 34.1 Å². The van der Waals surface area contributed by atoms with Gasteiger partial charge >= 0.3 is 5.97 Å². The second-order valence-electron chi connectivity index (χ2n) is 8.01. The molecule has 0 spiro atoms. The molecule has 0 aliphatic carbocycles. The van der Waals surface area contributed by atoms with Crippen LogP contribution in [0.5, 0.6) is 0 Å². The van der Waals surface area contributed by atoms with Crippen molar-refractivity contribution in [2.24, 2.45) is 0 Å². The highest BCUT2D eigenvalue weighted by Crippen LogP contribution is 2.35. The van der Waals surface area contributed by atoms with Crippen molar-refractivity contribution in [2.75, 3.05) is 12.4 Å². The van der Waals surface area contributed by atoms with Gasteiger partial charge in [-0.1, -0.05) is 37.3 Å². The standard InChI is InChI=1S/C27H26N2O3S/c1-6-19-17(4)33-26(24(19)27(31)32-5)29-25(30)21-14-23(18-12-11-15(2)16(3)13-18)28-22-10-8-7-9-20(21)22/h7-14H,6H2,1-5H3,(H,29,30). The third-order valence-corrected chi connectivity index (χ3v) is 7.01. The molecule has 5 nitrogen and oxygen atoms in total. The van der Waals surface area contributed by atoms with Crippen LogP contribution in [0.4, 0.5) is 5.00 Å². The van der Waals surface area contributed by atoms with E-state index in [4.69, 9.17) is 9.72 Å². The maximum atomic E-state index is 13.5. The molecular formula is C27H26N2O3S. The molecule has 6 heteroatoms. The average Bonchev–Trinajstić information content (AvgIpc) is 3.13. The van der Waals surface area contributed by atoms with Crippen LogP contribution in [0.1, 0.15) is 49.2 Å². The van der Waals surface area contributed by atoms with Gasteiger partial charge in [0.25, 0.3) is 5.91 Å². The summed E-state index contributed by atoms with van der Waals surface area (Å²) in [4.78, 5) is 31.8. The van der Waals surface area contributed by atoms with Gasteiger partial charge in [-0.15, -0.1) is 11.3 Å². The minimum atomic E-state index is -0.443. The number of esters is 1. The minimum absolute atomic E-state index is 0.285. The third-order valence-electron chi connectivity index (χ3n) is 5.94. The van der Waals surface area contributed by atoms with E-state index in [0.717, 1.165) is 38.2 Å². The van der Waals surface area contributed by atoms with Crippen LogP contribution in [-0.4, -0.2) is 24.0 Å². The van der Waals surface area contributed by atoms with Gasteiger partial charge in [-0.05, 0) is 62.1 Å². The molecular weight excluding hydrogens is 432 g/mol. The molecule has 33 heavy (non-hydrogen) atoms. The second kappa shape index (κ2) is 9.16. The quantitative estimate of drug-likeness (QED) is 0.347. The molecule has 1 amide bonds. The topological polar surface area (TPSA) is 68.3 Å². The normalized spacial score (nSPS) is 10.9. The average molecular weight is 459 g/mol. The summed E-state index contributed by atoms with van der Waals surface area (Å²) in [7, 11) is 1.35. The molecule has 0 aliphatic heterocycles. The van der Waals surface area contributed by atoms with Crippen molar-refractivity contribution in [3.05, 3.63) is 81.2 Å². The van der Waals surface area contributed by atoms with E-state index < -0.39 is 5.97 Å². The molecule has 168 valence electrons. The summed E-state index contributed by atoms with van der Waals surface area (Å²) in [5.41, 5.74) is 6.63. The number of nitrogens with zero attached hydrogens (tertiary/aromatic N) is 1. The van der Waals surface area contributed by atoms with Gasteiger partial charge in [-0.2, -0.15) is 0 Å². The number of anilines is 1. The summed E-state index contributed by atoms with van der Waals surface area (Å²) in [6, 6.07) is 15.6. The molecule has 4 aromatic rings. The monoisotopic (exact) mass is 458 g/mol. The number of amides is 1. The number of thiophene rings is 1. The maximum Gasteiger partial charge on any atom is 0.341 e. The number of hydrogen-bond acceptors (Lipinski definition) is 5. The number of nitrogens with one attached hydrogen (secondary N) is 1. The van der Waals surface area contributed by atoms with E-state index in [1.165, 1.54) is 24.0 Å². The fraction of sp³-hybridized carbons (Fsp3) is 0.222. The minimum Gasteiger partial charge on any atom is -0.465 e. The fourth-order valence-corrected chi connectivity index (χ4v) is 5.12. The Bertz CT molecular complexity index is 1390. The summed E-state index contributed by atoms with van der Waals surface area (Å²) >= 11 is 1.39. The van der Waals surface area contributed by atoms with Crippen molar-refractivity contribution in [1.29, 1.82) is 0 Å². The molecule has 0 atom stereocenters. The summed E-state index contributed by atoms with van der Waals surface area (Å²) in [5, 5.41) is 4.24. The van der Waals surface area contributed by atoms with Gasteiger partial charge in [-0.3, -0.25) is 4.79 Å². The number of fused-ring (bicyclic) bond motifs is 1. The first-order valence-electron chi connectivity index (χ1n) is 10.8. The van der Waals surface area contributed by atoms with Crippen LogP contribution < -0.4 is 5.32 Å². The molecule has 0 saturated carbocycles. The highest BCUT2D eigenvalue weighted by atomic mass is 32.1. The number of pyridine rings is 1. The Morgan fingerprint density at radius 1 is 1.03 bits per heavy atom. The van der Waals surface area contributed by atoms with Crippen LogP contribution in [0.15, 0.2) is 48.5 Å². The van der Waals surface area contributed by atoms with Crippen LogP contribution in [0.25, 0.3) is 22.2 Å². The van der Waals surface area contributed by atoms with Crippen LogP contribution in [0.3, 0.4) is 0 Å². The number of para-hydroxylation sites is 1. The molecule has 4 rings (SSSR count). The Morgan fingerprint density at radius 2 is 1.79 bits per heavy atom. The largest absolute Gasteiger partial charge is 0.465 e. The molecule has 0 unspecified atom stereocenters. The maximum absolute atomic E-state index is 13.5. The molecule has 0 fully saturated rings. The van der Waals surface area contributed by atoms with Gasteiger partial charge in [0.05, 0.1) is 29.4 Å². The number of carbonyl (C=O) groups is 2. The highest BCUT2D eigenvalue weighted by Gasteiger charge is 2.24. The Labute approximate surface area is 197 Å². The van der Waals surface area contributed by atoms with E-state index in [2.05, 4.69) is 31.3 Å². The Kier molecular flexibility index (Phi) is 6.29.